The van der Waals surface area contributed by atoms with E-state index in [-0.39, 0.29) is 15.9 Å². The average molecular weight is 282 g/mol. The van der Waals surface area contributed by atoms with Gasteiger partial charge >= 0.3 is 0 Å². The molecule has 1 aromatic carbocycles. The number of benzene rings is 1. The Balaban J connectivity index is 3.05. The van der Waals surface area contributed by atoms with Gasteiger partial charge in [-0.1, -0.05) is 22.0 Å². The summed E-state index contributed by atoms with van der Waals surface area (Å²) in [4.78, 5) is 0. The molecule has 1 rings (SSSR count). The van der Waals surface area contributed by atoms with E-state index in [1.54, 1.807) is 0 Å². The molecule has 14 heavy (non-hydrogen) atoms. The highest BCUT2D eigenvalue weighted by molar-refractivity contribution is 9.10. The van der Waals surface area contributed by atoms with Crippen LogP contribution in [0.2, 0.25) is 0 Å². The van der Waals surface area contributed by atoms with Gasteiger partial charge in [-0.05, 0) is 19.1 Å². The van der Waals surface area contributed by atoms with E-state index < -0.39 is 15.8 Å². The summed E-state index contributed by atoms with van der Waals surface area (Å²) < 4.78 is 37.4. The summed E-state index contributed by atoms with van der Waals surface area (Å²) >= 11 is 2.83. The highest BCUT2D eigenvalue weighted by atomic mass is 79.9. The van der Waals surface area contributed by atoms with Crippen molar-refractivity contribution in [3.05, 3.63) is 29.6 Å². The standard InChI is InChI=1S/C8H9BrFNO2S/c1-6-7(10)3-2-4-8(6)11-14(12,13)5-9/h2-4,11H,5H2,1H3. The monoisotopic (exact) mass is 281 g/mol. The smallest absolute Gasteiger partial charge is 0.242 e. The van der Waals surface area contributed by atoms with Crippen LogP contribution in [-0.4, -0.2) is 13.1 Å². The predicted octanol–water partition coefficient (Wildman–Crippen LogP) is 2.23. The normalized spacial score (nSPS) is 11.4. The second-order valence-corrected chi connectivity index (χ2v) is 5.76. The van der Waals surface area contributed by atoms with E-state index >= 15 is 0 Å². The zero-order chi connectivity index (χ0) is 10.8. The Hall–Kier alpha value is -0.620. The lowest BCUT2D eigenvalue weighted by molar-refractivity contribution is 0.605. The Morgan fingerprint density at radius 1 is 1.50 bits per heavy atom. The van der Waals surface area contributed by atoms with Crippen molar-refractivity contribution in [2.24, 2.45) is 0 Å². The number of nitrogens with one attached hydrogen (secondary N) is 1. The summed E-state index contributed by atoms with van der Waals surface area (Å²) in [5.41, 5.74) is 0.557. The lowest BCUT2D eigenvalue weighted by Crippen LogP contribution is -2.14. The lowest BCUT2D eigenvalue weighted by atomic mass is 10.2. The maximum atomic E-state index is 13.0. The highest BCUT2D eigenvalue weighted by Gasteiger charge is 2.10. The number of halogens is 2. The minimum atomic E-state index is -3.41. The van der Waals surface area contributed by atoms with Crippen LogP contribution in [0, 0.1) is 12.7 Å². The summed E-state index contributed by atoms with van der Waals surface area (Å²) in [7, 11) is -3.41. The molecule has 0 bridgehead atoms. The molecule has 3 nitrogen and oxygen atoms in total. The molecule has 0 heterocycles. The molecule has 0 unspecified atom stereocenters. The molecule has 0 saturated carbocycles. The van der Waals surface area contributed by atoms with E-state index in [4.69, 9.17) is 0 Å². The van der Waals surface area contributed by atoms with Crippen LogP contribution in [0.3, 0.4) is 0 Å². The van der Waals surface area contributed by atoms with Crippen molar-refractivity contribution in [3.8, 4) is 0 Å². The van der Waals surface area contributed by atoms with Gasteiger partial charge in [0.15, 0.2) is 0 Å². The van der Waals surface area contributed by atoms with E-state index in [9.17, 15) is 12.8 Å². The van der Waals surface area contributed by atoms with Gasteiger partial charge in [-0.15, -0.1) is 0 Å². The highest BCUT2D eigenvalue weighted by Crippen LogP contribution is 2.18. The zero-order valence-electron chi connectivity index (χ0n) is 7.42. The van der Waals surface area contributed by atoms with Gasteiger partial charge in [0.25, 0.3) is 0 Å². The van der Waals surface area contributed by atoms with E-state index in [1.807, 2.05) is 0 Å². The van der Waals surface area contributed by atoms with E-state index in [2.05, 4.69) is 20.7 Å². The number of hydrogen-bond acceptors (Lipinski definition) is 2. The molecule has 6 heteroatoms. The fourth-order valence-corrected chi connectivity index (χ4v) is 1.87. The van der Waals surface area contributed by atoms with E-state index in [0.717, 1.165) is 0 Å². The number of rotatable bonds is 3. The van der Waals surface area contributed by atoms with Crippen molar-refractivity contribution in [1.29, 1.82) is 0 Å². The number of sulfonamides is 1. The van der Waals surface area contributed by atoms with Gasteiger partial charge in [0, 0.05) is 5.56 Å². The van der Waals surface area contributed by atoms with E-state index in [1.165, 1.54) is 25.1 Å². The Kier molecular flexibility index (Phi) is 3.49. The fourth-order valence-electron chi connectivity index (χ4n) is 0.913. The van der Waals surface area contributed by atoms with Crippen molar-refractivity contribution >= 4 is 31.6 Å². The molecule has 0 aliphatic carbocycles. The molecular formula is C8H9BrFNO2S. The molecule has 0 aromatic heterocycles. The largest absolute Gasteiger partial charge is 0.282 e. The van der Waals surface area contributed by atoms with Gasteiger partial charge < -0.3 is 0 Å². The van der Waals surface area contributed by atoms with Gasteiger partial charge in [0.05, 0.1) is 5.69 Å². The SMILES string of the molecule is Cc1c(F)cccc1NS(=O)(=O)CBr. The van der Waals surface area contributed by atoms with Crippen molar-refractivity contribution < 1.29 is 12.8 Å². The van der Waals surface area contributed by atoms with Gasteiger partial charge in [-0.25, -0.2) is 12.8 Å². The molecular weight excluding hydrogens is 273 g/mol. The van der Waals surface area contributed by atoms with Crippen LogP contribution < -0.4 is 4.72 Å². The van der Waals surface area contributed by atoms with Crippen LogP contribution in [0.15, 0.2) is 18.2 Å². The van der Waals surface area contributed by atoms with Crippen LogP contribution in [0.5, 0.6) is 0 Å². The average Bonchev–Trinajstić information content (AvgIpc) is 2.13. The summed E-state index contributed by atoms with van der Waals surface area (Å²) in [6.07, 6.45) is 0. The maximum absolute atomic E-state index is 13.0. The quantitative estimate of drug-likeness (QED) is 0.864. The van der Waals surface area contributed by atoms with Crippen LogP contribution in [0.4, 0.5) is 10.1 Å². The molecule has 1 aromatic rings. The van der Waals surface area contributed by atoms with Crippen LogP contribution in [0.1, 0.15) is 5.56 Å². The molecule has 0 spiro atoms. The third-order valence-corrected chi connectivity index (χ3v) is 4.30. The first-order valence-corrected chi connectivity index (χ1v) is 6.55. The number of alkyl halides is 1. The van der Waals surface area contributed by atoms with Gasteiger partial charge in [0.1, 0.15) is 10.5 Å². The lowest BCUT2D eigenvalue weighted by Gasteiger charge is -2.08. The van der Waals surface area contributed by atoms with Gasteiger partial charge in [0.2, 0.25) is 10.0 Å². The molecule has 0 aliphatic rings. The van der Waals surface area contributed by atoms with Crippen molar-refractivity contribution in [1.82, 2.24) is 0 Å². The second kappa shape index (κ2) is 4.27. The van der Waals surface area contributed by atoms with Gasteiger partial charge in [-0.3, -0.25) is 4.72 Å². The zero-order valence-corrected chi connectivity index (χ0v) is 9.82. The molecule has 0 saturated heterocycles. The Labute approximate surface area is 90.5 Å². The maximum Gasteiger partial charge on any atom is 0.242 e. The Bertz CT molecular complexity index is 433. The minimum Gasteiger partial charge on any atom is -0.282 e. The van der Waals surface area contributed by atoms with Crippen molar-refractivity contribution in [3.63, 3.8) is 0 Å². The first kappa shape index (κ1) is 11.5. The molecule has 78 valence electrons. The predicted molar refractivity (Wildman–Crippen MR) is 57.5 cm³/mol. The third kappa shape index (κ3) is 2.68. The first-order chi connectivity index (χ1) is 6.46. The summed E-state index contributed by atoms with van der Waals surface area (Å²) in [5, 5.41) is 0. The first-order valence-electron chi connectivity index (χ1n) is 3.78. The van der Waals surface area contributed by atoms with Crippen LogP contribution in [0.25, 0.3) is 0 Å². The Morgan fingerprint density at radius 2 is 2.14 bits per heavy atom. The van der Waals surface area contributed by atoms with Crippen molar-refractivity contribution in [2.75, 3.05) is 9.38 Å². The molecule has 0 aliphatic heterocycles. The molecule has 0 amide bonds. The van der Waals surface area contributed by atoms with E-state index in [0.29, 0.717) is 0 Å². The Morgan fingerprint density at radius 3 is 2.71 bits per heavy atom. The third-order valence-electron chi connectivity index (χ3n) is 1.68. The topological polar surface area (TPSA) is 46.2 Å². The summed E-state index contributed by atoms with van der Waals surface area (Å²) in [6, 6.07) is 4.24. The van der Waals surface area contributed by atoms with Crippen LogP contribution in [-0.2, 0) is 10.0 Å². The molecule has 1 N–H and O–H groups in total. The molecule has 0 atom stereocenters. The number of anilines is 1. The second-order valence-electron chi connectivity index (χ2n) is 2.74. The fraction of sp³-hybridized carbons (Fsp3) is 0.250. The molecule has 0 fully saturated rings. The van der Waals surface area contributed by atoms with Crippen molar-refractivity contribution in [2.45, 2.75) is 6.92 Å². The summed E-state index contributed by atoms with van der Waals surface area (Å²) in [6.45, 7) is 1.52. The molecule has 0 radical (unpaired) electrons. The minimum absolute atomic E-state index is 0.212. The van der Waals surface area contributed by atoms with Crippen LogP contribution >= 0.6 is 15.9 Å². The number of hydrogen-bond donors (Lipinski definition) is 1. The van der Waals surface area contributed by atoms with Gasteiger partial charge in [-0.2, -0.15) is 0 Å². The summed E-state index contributed by atoms with van der Waals surface area (Å²) in [5.74, 6) is -0.431.